The molecule has 2 aromatic rings. The second-order valence-electron chi connectivity index (χ2n) is 5.99. The molecule has 0 radical (unpaired) electrons. The van der Waals surface area contributed by atoms with Crippen molar-refractivity contribution in [2.75, 3.05) is 14.2 Å². The third-order valence-corrected chi connectivity index (χ3v) is 4.01. The highest BCUT2D eigenvalue weighted by atomic mass is 16.6. The van der Waals surface area contributed by atoms with E-state index < -0.39 is 18.2 Å². The van der Waals surface area contributed by atoms with E-state index in [4.69, 9.17) is 14.2 Å². The molecule has 5 nitrogen and oxygen atoms in total. The van der Waals surface area contributed by atoms with Crippen molar-refractivity contribution in [2.45, 2.75) is 25.6 Å². The van der Waals surface area contributed by atoms with E-state index in [1.54, 1.807) is 45.4 Å². The molecule has 1 N–H and O–H groups in total. The summed E-state index contributed by atoms with van der Waals surface area (Å²) in [7, 11) is 3.17. The van der Waals surface area contributed by atoms with Gasteiger partial charge in [-0.1, -0.05) is 30.8 Å². The summed E-state index contributed by atoms with van der Waals surface area (Å²) in [5.41, 5.74) is 1.84. The molecule has 26 heavy (non-hydrogen) atoms. The number of ether oxygens (including phenoxy) is 3. The molecule has 0 saturated carbocycles. The molecule has 5 heteroatoms. The highest BCUT2D eigenvalue weighted by Crippen LogP contribution is 2.25. The average Bonchev–Trinajstić information content (AvgIpc) is 2.67. The molecular weight excluding hydrogens is 332 g/mol. The van der Waals surface area contributed by atoms with Crippen LogP contribution in [-0.4, -0.2) is 31.4 Å². The fraction of sp³-hybridized carbons (Fsp3) is 0.286. The van der Waals surface area contributed by atoms with E-state index in [0.717, 1.165) is 11.3 Å². The number of carbonyl (C=O) groups is 1. The standard InChI is InChI=1S/C21H24O5/c1-14(2)21(23)26-19(13-15-5-9-17(24-3)10-6-15)20(22)16-7-11-18(25-4)12-8-16/h5-12,19-20,22H,1,13H2,2-4H3. The number of aliphatic hydroxyl groups is 1. The normalized spacial score (nSPS) is 12.8. The first-order chi connectivity index (χ1) is 12.4. The number of hydrogen-bond donors (Lipinski definition) is 1. The van der Waals surface area contributed by atoms with Crippen molar-refractivity contribution in [1.29, 1.82) is 0 Å². The predicted molar refractivity (Wildman–Crippen MR) is 99.3 cm³/mol. The van der Waals surface area contributed by atoms with Gasteiger partial charge in [-0.25, -0.2) is 4.79 Å². The summed E-state index contributed by atoms with van der Waals surface area (Å²) in [6.45, 7) is 5.18. The highest BCUT2D eigenvalue weighted by molar-refractivity contribution is 5.87. The van der Waals surface area contributed by atoms with Gasteiger partial charge in [0.15, 0.2) is 0 Å². The molecule has 0 saturated heterocycles. The number of hydrogen-bond acceptors (Lipinski definition) is 5. The minimum absolute atomic E-state index is 0.284. The van der Waals surface area contributed by atoms with Gasteiger partial charge in [-0.3, -0.25) is 0 Å². The number of esters is 1. The Morgan fingerprint density at radius 2 is 1.50 bits per heavy atom. The Morgan fingerprint density at radius 1 is 1.00 bits per heavy atom. The Kier molecular flexibility index (Phi) is 6.81. The van der Waals surface area contributed by atoms with Crippen LogP contribution >= 0.6 is 0 Å². The van der Waals surface area contributed by atoms with E-state index in [1.807, 2.05) is 24.3 Å². The number of rotatable bonds is 8. The maximum absolute atomic E-state index is 12.0. The Balaban J connectivity index is 2.22. The third kappa shape index (κ3) is 5.10. The SMILES string of the molecule is C=C(C)C(=O)OC(Cc1ccc(OC)cc1)C(O)c1ccc(OC)cc1. The molecular formula is C21H24O5. The zero-order valence-corrected chi connectivity index (χ0v) is 15.3. The second kappa shape index (κ2) is 9.06. The Bertz CT molecular complexity index is 734. The maximum atomic E-state index is 12.0. The summed E-state index contributed by atoms with van der Waals surface area (Å²) in [6.07, 6.45) is -1.37. The van der Waals surface area contributed by atoms with Gasteiger partial charge < -0.3 is 19.3 Å². The first-order valence-electron chi connectivity index (χ1n) is 8.26. The highest BCUT2D eigenvalue weighted by Gasteiger charge is 2.25. The number of benzene rings is 2. The summed E-state index contributed by atoms with van der Waals surface area (Å²) >= 11 is 0. The summed E-state index contributed by atoms with van der Waals surface area (Å²) < 4.78 is 15.8. The largest absolute Gasteiger partial charge is 0.497 e. The van der Waals surface area contributed by atoms with Crippen molar-refractivity contribution >= 4 is 5.97 Å². The Labute approximate surface area is 153 Å². The van der Waals surface area contributed by atoms with Crippen LogP contribution in [0.25, 0.3) is 0 Å². The maximum Gasteiger partial charge on any atom is 0.333 e. The van der Waals surface area contributed by atoms with Crippen LogP contribution in [-0.2, 0) is 16.0 Å². The molecule has 0 bridgehead atoms. The second-order valence-corrected chi connectivity index (χ2v) is 5.99. The van der Waals surface area contributed by atoms with E-state index in [-0.39, 0.29) is 5.57 Å². The van der Waals surface area contributed by atoms with Gasteiger partial charge in [-0.15, -0.1) is 0 Å². The lowest BCUT2D eigenvalue weighted by Crippen LogP contribution is -2.28. The van der Waals surface area contributed by atoms with Crippen molar-refractivity contribution in [2.24, 2.45) is 0 Å². The molecule has 0 aliphatic heterocycles. The van der Waals surface area contributed by atoms with E-state index in [9.17, 15) is 9.90 Å². The van der Waals surface area contributed by atoms with Crippen LogP contribution in [0.5, 0.6) is 11.5 Å². The van der Waals surface area contributed by atoms with Crippen LogP contribution in [0.15, 0.2) is 60.7 Å². The lowest BCUT2D eigenvalue weighted by molar-refractivity contribution is -0.150. The van der Waals surface area contributed by atoms with Crippen LogP contribution < -0.4 is 9.47 Å². The van der Waals surface area contributed by atoms with Crippen LogP contribution in [0, 0.1) is 0 Å². The molecule has 0 spiro atoms. The number of carbonyl (C=O) groups excluding carboxylic acids is 1. The third-order valence-electron chi connectivity index (χ3n) is 4.01. The molecule has 0 amide bonds. The van der Waals surface area contributed by atoms with E-state index in [2.05, 4.69) is 6.58 Å². The van der Waals surface area contributed by atoms with Gasteiger partial charge in [0.1, 0.15) is 23.7 Å². The quantitative estimate of drug-likeness (QED) is 0.580. The van der Waals surface area contributed by atoms with E-state index in [0.29, 0.717) is 17.7 Å². The summed E-state index contributed by atoms with van der Waals surface area (Å²) in [4.78, 5) is 12.0. The zero-order chi connectivity index (χ0) is 19.1. The predicted octanol–water partition coefficient (Wildman–Crippen LogP) is 3.47. The molecule has 138 valence electrons. The molecule has 0 heterocycles. The molecule has 0 aliphatic carbocycles. The lowest BCUT2D eigenvalue weighted by Gasteiger charge is -2.24. The molecule has 2 rings (SSSR count). The number of methoxy groups -OCH3 is 2. The topological polar surface area (TPSA) is 65.0 Å². The monoisotopic (exact) mass is 356 g/mol. The molecule has 0 fully saturated rings. The molecule has 2 unspecified atom stereocenters. The summed E-state index contributed by atoms with van der Waals surface area (Å²) in [6, 6.07) is 14.4. The fourth-order valence-corrected chi connectivity index (χ4v) is 2.47. The van der Waals surface area contributed by atoms with Crippen LogP contribution in [0.4, 0.5) is 0 Å². The van der Waals surface area contributed by atoms with Crippen LogP contribution in [0.3, 0.4) is 0 Å². The van der Waals surface area contributed by atoms with E-state index in [1.165, 1.54) is 0 Å². The Morgan fingerprint density at radius 3 is 1.96 bits per heavy atom. The smallest absolute Gasteiger partial charge is 0.333 e. The van der Waals surface area contributed by atoms with Gasteiger partial charge in [-0.2, -0.15) is 0 Å². The minimum Gasteiger partial charge on any atom is -0.497 e. The van der Waals surface area contributed by atoms with Gasteiger partial charge >= 0.3 is 5.97 Å². The van der Waals surface area contributed by atoms with Crippen molar-refractivity contribution in [1.82, 2.24) is 0 Å². The Hall–Kier alpha value is -2.79. The molecule has 0 aliphatic rings. The lowest BCUT2D eigenvalue weighted by atomic mass is 9.98. The van der Waals surface area contributed by atoms with Gasteiger partial charge in [0.2, 0.25) is 0 Å². The molecule has 2 atom stereocenters. The van der Waals surface area contributed by atoms with Crippen molar-refractivity contribution in [3.8, 4) is 11.5 Å². The van der Waals surface area contributed by atoms with Gasteiger partial charge in [0.05, 0.1) is 14.2 Å². The van der Waals surface area contributed by atoms with Crippen molar-refractivity contribution in [3.05, 3.63) is 71.8 Å². The van der Waals surface area contributed by atoms with Crippen LogP contribution in [0.1, 0.15) is 24.2 Å². The first-order valence-corrected chi connectivity index (χ1v) is 8.26. The van der Waals surface area contributed by atoms with Gasteiger partial charge in [0.25, 0.3) is 0 Å². The number of aliphatic hydroxyl groups excluding tert-OH is 1. The van der Waals surface area contributed by atoms with Crippen molar-refractivity contribution in [3.63, 3.8) is 0 Å². The van der Waals surface area contributed by atoms with Crippen molar-refractivity contribution < 1.29 is 24.1 Å². The van der Waals surface area contributed by atoms with Gasteiger partial charge in [-0.05, 0) is 42.3 Å². The molecule has 2 aromatic carbocycles. The van der Waals surface area contributed by atoms with Crippen LogP contribution in [0.2, 0.25) is 0 Å². The van der Waals surface area contributed by atoms with E-state index >= 15 is 0 Å². The first kappa shape index (κ1) is 19.5. The minimum atomic E-state index is -0.980. The molecule has 0 aromatic heterocycles. The summed E-state index contributed by atoms with van der Waals surface area (Å²) in [5, 5.41) is 10.8. The average molecular weight is 356 g/mol. The fourth-order valence-electron chi connectivity index (χ4n) is 2.47. The zero-order valence-electron chi connectivity index (χ0n) is 15.3. The summed E-state index contributed by atoms with van der Waals surface area (Å²) in [5.74, 6) is 0.891. The van der Waals surface area contributed by atoms with Gasteiger partial charge in [0, 0.05) is 12.0 Å².